The van der Waals surface area contributed by atoms with Crippen molar-refractivity contribution in [3.8, 4) is 0 Å². The van der Waals surface area contributed by atoms with Gasteiger partial charge in [0.1, 0.15) is 0 Å². The Labute approximate surface area is 106 Å². The third-order valence-electron chi connectivity index (χ3n) is 3.48. The Hall–Kier alpha value is 0.0569. The predicted octanol–water partition coefficient (Wildman–Crippen LogP) is 2.18. The summed E-state index contributed by atoms with van der Waals surface area (Å²) in [6, 6.07) is 2.00. The van der Waals surface area contributed by atoms with Crippen LogP contribution in [0.5, 0.6) is 0 Å². The molecule has 0 spiro atoms. The van der Waals surface area contributed by atoms with Gasteiger partial charge in [0, 0.05) is 26.2 Å². The lowest BCUT2D eigenvalue weighted by Crippen LogP contribution is -2.43. The number of hydrogen-bond donors (Lipinski definition) is 0. The van der Waals surface area contributed by atoms with E-state index in [1.165, 1.54) is 0 Å². The fourth-order valence-electron chi connectivity index (χ4n) is 2.05. The first kappa shape index (κ1) is 15.1. The maximum atomic E-state index is 5.70. The highest BCUT2D eigenvalue weighted by Crippen LogP contribution is 2.26. The van der Waals surface area contributed by atoms with E-state index in [-0.39, 0.29) is 5.41 Å². The van der Waals surface area contributed by atoms with E-state index in [4.69, 9.17) is 18.3 Å². The molecule has 0 aromatic rings. The first-order valence-electron chi connectivity index (χ1n) is 6.35. The second-order valence-electron chi connectivity index (χ2n) is 5.13. The van der Waals surface area contributed by atoms with Crippen molar-refractivity contribution in [3.63, 3.8) is 0 Å². The van der Waals surface area contributed by atoms with Gasteiger partial charge in [0.25, 0.3) is 0 Å². The van der Waals surface area contributed by atoms with E-state index in [0.29, 0.717) is 0 Å². The van der Waals surface area contributed by atoms with Crippen LogP contribution in [0.15, 0.2) is 0 Å². The lowest BCUT2D eigenvalue weighted by Gasteiger charge is -2.37. The second kappa shape index (κ2) is 6.85. The number of rotatable bonds is 9. The van der Waals surface area contributed by atoms with Crippen molar-refractivity contribution >= 4 is 8.56 Å². The normalized spacial score (nSPS) is 19.1. The molecule has 1 aliphatic rings. The Bertz CT molecular complexity index is 206. The molecule has 0 atom stereocenters. The molecule has 1 aliphatic heterocycles. The molecule has 17 heavy (non-hydrogen) atoms. The van der Waals surface area contributed by atoms with Crippen LogP contribution in [0, 0.1) is 5.41 Å². The van der Waals surface area contributed by atoms with Crippen molar-refractivity contribution < 1.29 is 18.3 Å². The Morgan fingerprint density at radius 2 is 1.88 bits per heavy atom. The van der Waals surface area contributed by atoms with Crippen molar-refractivity contribution in [2.24, 2.45) is 5.41 Å². The van der Waals surface area contributed by atoms with E-state index in [9.17, 15) is 0 Å². The summed E-state index contributed by atoms with van der Waals surface area (Å²) in [6.45, 7) is 7.58. The summed E-state index contributed by atoms with van der Waals surface area (Å²) in [4.78, 5) is 0. The van der Waals surface area contributed by atoms with Crippen LogP contribution in [0.2, 0.25) is 12.1 Å². The summed E-state index contributed by atoms with van der Waals surface area (Å²) in [5.74, 6) is 0. The van der Waals surface area contributed by atoms with Crippen LogP contribution >= 0.6 is 0 Å². The van der Waals surface area contributed by atoms with Gasteiger partial charge in [-0.15, -0.1) is 0 Å². The van der Waals surface area contributed by atoms with Crippen LogP contribution in [0.4, 0.5) is 0 Å². The molecule has 0 bridgehead atoms. The van der Waals surface area contributed by atoms with Crippen molar-refractivity contribution in [2.75, 3.05) is 40.6 Å². The maximum absolute atomic E-state index is 5.70. The molecule has 0 aliphatic carbocycles. The molecule has 102 valence electrons. The van der Waals surface area contributed by atoms with Gasteiger partial charge in [-0.2, -0.15) is 0 Å². The predicted molar refractivity (Wildman–Crippen MR) is 69.4 cm³/mol. The van der Waals surface area contributed by atoms with E-state index >= 15 is 0 Å². The molecule has 4 nitrogen and oxygen atoms in total. The third kappa shape index (κ3) is 4.33. The second-order valence-corrected chi connectivity index (χ2v) is 8.98. The van der Waals surface area contributed by atoms with Gasteiger partial charge in [0.2, 0.25) is 0 Å². The summed E-state index contributed by atoms with van der Waals surface area (Å²) in [5.41, 5.74) is 0.252. The molecule has 0 radical (unpaired) electrons. The Balaban J connectivity index is 2.10. The molecule has 1 heterocycles. The molecule has 0 aromatic carbocycles. The van der Waals surface area contributed by atoms with Gasteiger partial charge < -0.3 is 18.3 Å². The largest absolute Gasteiger partial charge is 0.398 e. The Morgan fingerprint density at radius 1 is 1.24 bits per heavy atom. The molecular formula is C12H26O4Si. The third-order valence-corrected chi connectivity index (χ3v) is 7.16. The van der Waals surface area contributed by atoms with Crippen LogP contribution in [-0.2, 0) is 18.3 Å². The van der Waals surface area contributed by atoms with E-state index in [1.807, 2.05) is 0 Å². The number of ether oxygens (including phenoxy) is 2. The van der Waals surface area contributed by atoms with Crippen molar-refractivity contribution in [3.05, 3.63) is 0 Å². The molecular weight excluding hydrogens is 236 g/mol. The first-order chi connectivity index (χ1) is 8.10. The van der Waals surface area contributed by atoms with Crippen LogP contribution in [0.1, 0.15) is 20.3 Å². The highest BCUT2D eigenvalue weighted by atomic mass is 28.4. The minimum Gasteiger partial charge on any atom is -0.398 e. The SMILES string of the molecule is CC[Si](CCCOCC1(C)COC1)(OC)OC. The van der Waals surface area contributed by atoms with Crippen molar-refractivity contribution in [1.29, 1.82) is 0 Å². The molecule has 0 N–H and O–H groups in total. The molecule has 0 saturated carbocycles. The quantitative estimate of drug-likeness (QED) is 0.471. The highest BCUT2D eigenvalue weighted by Gasteiger charge is 2.34. The van der Waals surface area contributed by atoms with Gasteiger partial charge in [-0.1, -0.05) is 13.8 Å². The summed E-state index contributed by atoms with van der Waals surface area (Å²) in [7, 11) is 1.60. The van der Waals surface area contributed by atoms with Crippen molar-refractivity contribution in [2.45, 2.75) is 32.4 Å². The zero-order valence-electron chi connectivity index (χ0n) is 11.6. The molecule has 0 unspecified atom stereocenters. The van der Waals surface area contributed by atoms with Gasteiger partial charge in [0.15, 0.2) is 0 Å². The Morgan fingerprint density at radius 3 is 2.29 bits per heavy atom. The van der Waals surface area contributed by atoms with Gasteiger partial charge >= 0.3 is 8.56 Å². The molecule has 1 saturated heterocycles. The minimum atomic E-state index is -1.91. The van der Waals surface area contributed by atoms with Crippen molar-refractivity contribution in [1.82, 2.24) is 0 Å². The monoisotopic (exact) mass is 262 g/mol. The average molecular weight is 262 g/mol. The smallest absolute Gasteiger partial charge is 0.337 e. The summed E-state index contributed by atoms with van der Waals surface area (Å²) < 4.78 is 22.0. The first-order valence-corrected chi connectivity index (χ1v) is 8.59. The van der Waals surface area contributed by atoms with Crippen LogP contribution in [0.25, 0.3) is 0 Å². The molecule has 1 fully saturated rings. The van der Waals surface area contributed by atoms with E-state index in [1.54, 1.807) is 14.2 Å². The summed E-state index contributed by atoms with van der Waals surface area (Å²) in [5, 5.41) is 0. The zero-order chi connectivity index (χ0) is 12.8. The van der Waals surface area contributed by atoms with Gasteiger partial charge in [-0.25, -0.2) is 0 Å². The molecule has 5 heteroatoms. The van der Waals surface area contributed by atoms with Crippen LogP contribution < -0.4 is 0 Å². The average Bonchev–Trinajstić information content (AvgIpc) is 2.32. The Kier molecular flexibility index (Phi) is 6.09. The fraction of sp³-hybridized carbons (Fsp3) is 1.00. The van der Waals surface area contributed by atoms with E-state index in [0.717, 1.165) is 44.9 Å². The molecule has 1 rings (SSSR count). The van der Waals surface area contributed by atoms with Gasteiger partial charge in [-0.05, 0) is 18.5 Å². The number of hydrogen-bond acceptors (Lipinski definition) is 4. The van der Waals surface area contributed by atoms with Gasteiger partial charge in [-0.3, -0.25) is 0 Å². The summed E-state index contributed by atoms with van der Waals surface area (Å²) >= 11 is 0. The topological polar surface area (TPSA) is 36.9 Å². The van der Waals surface area contributed by atoms with Crippen LogP contribution in [-0.4, -0.2) is 49.2 Å². The van der Waals surface area contributed by atoms with E-state index in [2.05, 4.69) is 13.8 Å². The van der Waals surface area contributed by atoms with E-state index < -0.39 is 8.56 Å². The van der Waals surface area contributed by atoms with Gasteiger partial charge in [0.05, 0.1) is 19.8 Å². The summed E-state index contributed by atoms with van der Waals surface area (Å²) in [6.07, 6.45) is 1.01. The molecule has 0 amide bonds. The fourth-order valence-corrected chi connectivity index (χ4v) is 4.24. The maximum Gasteiger partial charge on any atom is 0.337 e. The minimum absolute atomic E-state index is 0.252. The lowest BCUT2D eigenvalue weighted by atomic mass is 9.90. The highest BCUT2D eigenvalue weighted by molar-refractivity contribution is 6.67. The zero-order valence-corrected chi connectivity index (χ0v) is 12.6. The molecule has 0 aromatic heterocycles. The van der Waals surface area contributed by atoms with Crippen LogP contribution in [0.3, 0.4) is 0 Å². The standard InChI is InChI=1S/C12H26O4Si/c1-5-17(13-3,14-4)8-6-7-15-9-12(2)10-16-11-12/h5-11H2,1-4H3. The lowest BCUT2D eigenvalue weighted by molar-refractivity contribution is -0.137.